The molecule has 10 heteroatoms. The number of pyridine rings is 1. The molecule has 0 atom stereocenters. The predicted molar refractivity (Wildman–Crippen MR) is 157 cm³/mol. The van der Waals surface area contributed by atoms with E-state index in [4.69, 9.17) is 21.1 Å². The number of anilines is 2. The third-order valence-corrected chi connectivity index (χ3v) is 6.62. The van der Waals surface area contributed by atoms with Crippen molar-refractivity contribution in [1.29, 1.82) is 0 Å². The number of carbonyl (C=O) groups is 2. The lowest BCUT2D eigenvalue weighted by Gasteiger charge is -2.36. The van der Waals surface area contributed by atoms with Gasteiger partial charge in [0, 0.05) is 44.0 Å². The number of piperazine rings is 1. The number of aromatic nitrogens is 1. The largest absolute Gasteiger partial charge is 0.478 e. The normalized spacial score (nSPS) is 13.6. The van der Waals surface area contributed by atoms with Crippen molar-refractivity contribution in [3.8, 4) is 22.6 Å². The first-order valence-electron chi connectivity index (χ1n) is 13.3. The van der Waals surface area contributed by atoms with Gasteiger partial charge in [0.1, 0.15) is 22.7 Å². The molecule has 3 aromatic rings. The van der Waals surface area contributed by atoms with E-state index >= 15 is 0 Å². The molecule has 2 heterocycles. The number of nitrogens with one attached hydrogen (secondary N) is 1. The van der Waals surface area contributed by atoms with E-state index in [1.54, 1.807) is 23.2 Å². The Balaban J connectivity index is 1.56. The first-order valence-corrected chi connectivity index (χ1v) is 13.7. The fourth-order valence-corrected chi connectivity index (χ4v) is 4.59. The molecule has 1 amide bonds. The van der Waals surface area contributed by atoms with Gasteiger partial charge in [0.15, 0.2) is 5.75 Å². The lowest BCUT2D eigenvalue weighted by atomic mass is 10.0. The van der Waals surface area contributed by atoms with Gasteiger partial charge in [0.05, 0.1) is 11.2 Å². The zero-order chi connectivity index (χ0) is 28.9. The average molecular weight is 567 g/mol. The van der Waals surface area contributed by atoms with Crippen molar-refractivity contribution in [2.75, 3.05) is 42.9 Å². The number of hydrogen-bond acceptors (Lipinski definition) is 7. The standard InChI is InChI=1S/C30H35ClN4O5/c1-5-13-32-26-18-22(25(19-33-26)39-24-8-6-7-23(31)27(24)28(36)37)20-9-11-21(12-10-20)34-14-16-35(17-15-34)29(38)40-30(2,3)4/h6-12,18-19H,5,13-17H2,1-4H3,(H,32,33)(H,36,37). The summed E-state index contributed by atoms with van der Waals surface area (Å²) >= 11 is 6.16. The van der Waals surface area contributed by atoms with Gasteiger partial charge in [-0.15, -0.1) is 0 Å². The van der Waals surface area contributed by atoms with E-state index in [1.165, 1.54) is 6.07 Å². The highest BCUT2D eigenvalue weighted by Gasteiger charge is 2.26. The Morgan fingerprint density at radius 2 is 1.75 bits per heavy atom. The summed E-state index contributed by atoms with van der Waals surface area (Å²) in [6, 6.07) is 14.7. The fourth-order valence-electron chi connectivity index (χ4n) is 4.34. The smallest absolute Gasteiger partial charge is 0.410 e. The molecule has 212 valence electrons. The Morgan fingerprint density at radius 1 is 1.05 bits per heavy atom. The molecule has 9 nitrogen and oxygen atoms in total. The lowest BCUT2D eigenvalue weighted by molar-refractivity contribution is 0.0240. The summed E-state index contributed by atoms with van der Waals surface area (Å²) in [7, 11) is 0. The van der Waals surface area contributed by atoms with Gasteiger partial charge in [-0.25, -0.2) is 14.6 Å². The van der Waals surface area contributed by atoms with Crippen molar-refractivity contribution in [3.05, 3.63) is 65.3 Å². The minimum atomic E-state index is -1.17. The van der Waals surface area contributed by atoms with Crippen LogP contribution in [0.1, 0.15) is 44.5 Å². The second-order valence-corrected chi connectivity index (χ2v) is 10.9. The second kappa shape index (κ2) is 12.5. The van der Waals surface area contributed by atoms with E-state index in [1.807, 2.05) is 51.1 Å². The van der Waals surface area contributed by atoms with E-state index in [0.29, 0.717) is 37.7 Å². The molecule has 2 aromatic carbocycles. The number of carbonyl (C=O) groups excluding carboxylic acids is 1. The maximum Gasteiger partial charge on any atom is 0.410 e. The van der Waals surface area contributed by atoms with Crippen LogP contribution in [0.15, 0.2) is 54.7 Å². The molecule has 0 spiro atoms. The highest BCUT2D eigenvalue weighted by Crippen LogP contribution is 2.38. The van der Waals surface area contributed by atoms with Crippen molar-refractivity contribution < 1.29 is 24.2 Å². The number of rotatable bonds is 8. The molecular formula is C30H35ClN4O5. The molecule has 40 heavy (non-hydrogen) atoms. The average Bonchev–Trinajstić information content (AvgIpc) is 2.91. The number of halogens is 1. The van der Waals surface area contributed by atoms with Gasteiger partial charge in [0.25, 0.3) is 0 Å². The lowest BCUT2D eigenvalue weighted by Crippen LogP contribution is -2.50. The van der Waals surface area contributed by atoms with Crippen LogP contribution in [0.25, 0.3) is 11.1 Å². The Bertz CT molecular complexity index is 1350. The quantitative estimate of drug-likeness (QED) is 0.308. The number of benzene rings is 2. The number of aromatic carboxylic acids is 1. The maximum atomic E-state index is 12.4. The van der Waals surface area contributed by atoms with E-state index in [-0.39, 0.29) is 22.4 Å². The third kappa shape index (κ3) is 7.15. The van der Waals surface area contributed by atoms with E-state index in [2.05, 4.69) is 22.1 Å². The molecule has 0 bridgehead atoms. The van der Waals surface area contributed by atoms with Gasteiger partial charge in [-0.3, -0.25) is 0 Å². The fraction of sp³-hybridized carbons (Fsp3) is 0.367. The van der Waals surface area contributed by atoms with Crippen LogP contribution in [0.4, 0.5) is 16.3 Å². The zero-order valence-corrected chi connectivity index (χ0v) is 24.0. The van der Waals surface area contributed by atoms with Crippen molar-refractivity contribution in [2.24, 2.45) is 0 Å². The molecule has 2 N–H and O–H groups in total. The molecule has 1 fully saturated rings. The molecule has 1 aromatic heterocycles. The molecule has 0 unspecified atom stereocenters. The Labute approximate surface area is 239 Å². The summed E-state index contributed by atoms with van der Waals surface area (Å²) in [4.78, 5) is 32.7. The summed E-state index contributed by atoms with van der Waals surface area (Å²) in [5.74, 6) is 0.0610. The van der Waals surface area contributed by atoms with Crippen LogP contribution in [0.2, 0.25) is 5.02 Å². The number of amides is 1. The van der Waals surface area contributed by atoms with E-state index in [9.17, 15) is 14.7 Å². The van der Waals surface area contributed by atoms with Crippen LogP contribution in [-0.2, 0) is 4.74 Å². The first-order chi connectivity index (χ1) is 19.1. The maximum absolute atomic E-state index is 12.4. The Hall–Kier alpha value is -3.98. The minimum absolute atomic E-state index is 0.0943. The minimum Gasteiger partial charge on any atom is -0.478 e. The molecule has 0 aliphatic carbocycles. The van der Waals surface area contributed by atoms with Crippen LogP contribution in [0.3, 0.4) is 0 Å². The van der Waals surface area contributed by atoms with E-state index < -0.39 is 11.6 Å². The van der Waals surface area contributed by atoms with E-state index in [0.717, 1.165) is 29.8 Å². The molecule has 0 saturated carbocycles. The van der Waals surface area contributed by atoms with Crippen molar-refractivity contribution in [2.45, 2.75) is 39.7 Å². The molecule has 0 radical (unpaired) electrons. The van der Waals surface area contributed by atoms with Crippen molar-refractivity contribution >= 4 is 35.2 Å². The molecule has 1 saturated heterocycles. The molecule has 1 aliphatic rings. The summed E-state index contributed by atoms with van der Waals surface area (Å²) in [5, 5.41) is 13.1. The Kier molecular flexibility index (Phi) is 9.04. The Morgan fingerprint density at radius 3 is 2.38 bits per heavy atom. The van der Waals surface area contributed by atoms with Crippen LogP contribution in [0.5, 0.6) is 11.5 Å². The summed E-state index contributed by atoms with van der Waals surface area (Å²) < 4.78 is 11.6. The van der Waals surface area contributed by atoms with Gasteiger partial charge < -0.3 is 29.7 Å². The summed E-state index contributed by atoms with van der Waals surface area (Å²) in [6.45, 7) is 11.0. The van der Waals surface area contributed by atoms with Gasteiger partial charge in [-0.2, -0.15) is 0 Å². The number of hydrogen-bond donors (Lipinski definition) is 2. The highest BCUT2D eigenvalue weighted by atomic mass is 35.5. The molecular weight excluding hydrogens is 532 g/mol. The molecule has 1 aliphatic heterocycles. The van der Waals surface area contributed by atoms with Gasteiger partial charge in [-0.05, 0) is 63.1 Å². The number of nitrogens with zero attached hydrogens (tertiary/aromatic N) is 3. The predicted octanol–water partition coefficient (Wildman–Crippen LogP) is 6.77. The topological polar surface area (TPSA) is 104 Å². The monoisotopic (exact) mass is 566 g/mol. The van der Waals surface area contributed by atoms with Crippen molar-refractivity contribution in [1.82, 2.24) is 9.88 Å². The first kappa shape index (κ1) is 29.0. The van der Waals surface area contributed by atoms with Crippen LogP contribution in [-0.4, -0.2) is 65.4 Å². The highest BCUT2D eigenvalue weighted by molar-refractivity contribution is 6.33. The zero-order valence-electron chi connectivity index (χ0n) is 23.2. The SMILES string of the molecule is CCCNc1cc(-c2ccc(N3CCN(C(=O)OC(C)(C)C)CC3)cc2)c(Oc2cccc(Cl)c2C(=O)O)cn1. The number of carboxylic acids is 1. The van der Waals surface area contributed by atoms with Gasteiger partial charge in [-0.1, -0.05) is 36.7 Å². The second-order valence-electron chi connectivity index (χ2n) is 10.5. The summed E-state index contributed by atoms with van der Waals surface area (Å²) in [6.07, 6.45) is 2.24. The third-order valence-electron chi connectivity index (χ3n) is 6.31. The number of carboxylic acid groups (broad SMARTS) is 1. The van der Waals surface area contributed by atoms with Crippen LogP contribution < -0.4 is 15.0 Å². The summed E-state index contributed by atoms with van der Waals surface area (Å²) in [5.41, 5.74) is 2.05. The van der Waals surface area contributed by atoms with Gasteiger partial charge >= 0.3 is 12.1 Å². The number of ether oxygens (including phenoxy) is 2. The van der Waals surface area contributed by atoms with Gasteiger partial charge in [0.2, 0.25) is 0 Å². The van der Waals surface area contributed by atoms with Crippen LogP contribution >= 0.6 is 11.6 Å². The van der Waals surface area contributed by atoms with Crippen molar-refractivity contribution in [3.63, 3.8) is 0 Å². The van der Waals surface area contributed by atoms with Crippen LogP contribution in [0, 0.1) is 0 Å². The molecule has 4 rings (SSSR count).